The van der Waals surface area contributed by atoms with Gasteiger partial charge >= 0.3 is 6.36 Å². The molecular weight excluding hydrogens is 248 g/mol. The van der Waals surface area contributed by atoms with E-state index in [9.17, 15) is 17.6 Å². The number of ether oxygens (including phenoxy) is 1. The third-order valence-corrected chi connectivity index (χ3v) is 3.48. The van der Waals surface area contributed by atoms with Crippen LogP contribution in [0.25, 0.3) is 0 Å². The van der Waals surface area contributed by atoms with Crippen LogP contribution in [-0.4, -0.2) is 13.0 Å². The fourth-order valence-electron chi connectivity index (χ4n) is 2.62. The van der Waals surface area contributed by atoms with E-state index in [0.717, 1.165) is 18.4 Å². The number of benzene rings is 1. The first-order valence-corrected chi connectivity index (χ1v) is 5.75. The summed E-state index contributed by atoms with van der Waals surface area (Å²) in [7, 11) is 0. The second-order valence-electron chi connectivity index (χ2n) is 5.06. The average molecular weight is 262 g/mol. The van der Waals surface area contributed by atoms with Crippen molar-refractivity contribution in [2.24, 2.45) is 5.92 Å². The normalized spacial score (nSPS) is 27.7. The summed E-state index contributed by atoms with van der Waals surface area (Å²) in [5, 5.41) is 0. The fourth-order valence-corrected chi connectivity index (χ4v) is 2.62. The third-order valence-electron chi connectivity index (χ3n) is 3.48. The number of rotatable bonds is 3. The standard InChI is InChI=1S/C13H14F4O/c1-12(6-9(7-12)8-14)10-2-4-11(5-3-10)18-13(15,16)17/h2-5,9H,6-8H2,1H3. The van der Waals surface area contributed by atoms with Gasteiger partial charge in [0.15, 0.2) is 0 Å². The predicted molar refractivity (Wildman–Crippen MR) is 59.2 cm³/mol. The van der Waals surface area contributed by atoms with Crippen molar-refractivity contribution < 1.29 is 22.3 Å². The van der Waals surface area contributed by atoms with Gasteiger partial charge < -0.3 is 4.74 Å². The van der Waals surface area contributed by atoms with Gasteiger partial charge in [-0.15, -0.1) is 13.2 Å². The SMILES string of the molecule is CC1(c2ccc(OC(F)(F)F)cc2)CC(CF)C1. The van der Waals surface area contributed by atoms with Gasteiger partial charge in [-0.1, -0.05) is 19.1 Å². The minimum Gasteiger partial charge on any atom is -0.406 e. The van der Waals surface area contributed by atoms with Crippen LogP contribution in [0, 0.1) is 5.92 Å². The molecule has 1 aliphatic rings. The highest BCUT2D eigenvalue weighted by Gasteiger charge is 2.41. The maximum atomic E-state index is 12.4. The summed E-state index contributed by atoms with van der Waals surface area (Å²) < 4.78 is 52.2. The van der Waals surface area contributed by atoms with Crippen molar-refractivity contribution in [3.8, 4) is 5.75 Å². The fraction of sp³-hybridized carbons (Fsp3) is 0.538. The molecule has 5 heteroatoms. The van der Waals surface area contributed by atoms with Gasteiger partial charge in [-0.3, -0.25) is 4.39 Å². The Balaban J connectivity index is 2.05. The molecule has 0 saturated heterocycles. The molecule has 100 valence electrons. The molecule has 1 aliphatic carbocycles. The first-order chi connectivity index (χ1) is 8.32. The molecule has 1 aromatic carbocycles. The van der Waals surface area contributed by atoms with Gasteiger partial charge in [0, 0.05) is 0 Å². The van der Waals surface area contributed by atoms with Crippen molar-refractivity contribution in [2.45, 2.75) is 31.5 Å². The molecule has 0 unspecified atom stereocenters. The molecule has 0 bridgehead atoms. The smallest absolute Gasteiger partial charge is 0.406 e. The summed E-state index contributed by atoms with van der Waals surface area (Å²) in [6.07, 6.45) is -3.19. The number of halogens is 4. The van der Waals surface area contributed by atoms with Crippen molar-refractivity contribution in [3.63, 3.8) is 0 Å². The Labute approximate surface area is 103 Å². The molecule has 18 heavy (non-hydrogen) atoms. The molecule has 0 aromatic heterocycles. The van der Waals surface area contributed by atoms with Crippen molar-refractivity contribution in [1.82, 2.24) is 0 Å². The Bertz CT molecular complexity index is 404. The lowest BCUT2D eigenvalue weighted by Gasteiger charge is -2.44. The topological polar surface area (TPSA) is 9.23 Å². The van der Waals surface area contributed by atoms with Crippen molar-refractivity contribution >= 4 is 0 Å². The van der Waals surface area contributed by atoms with Crippen LogP contribution >= 0.6 is 0 Å². The molecule has 0 atom stereocenters. The number of hydrogen-bond acceptors (Lipinski definition) is 1. The van der Waals surface area contributed by atoms with E-state index >= 15 is 0 Å². The molecule has 2 rings (SSSR count). The molecule has 1 fully saturated rings. The van der Waals surface area contributed by atoms with E-state index in [-0.39, 0.29) is 23.8 Å². The monoisotopic (exact) mass is 262 g/mol. The second kappa shape index (κ2) is 4.44. The molecule has 0 radical (unpaired) electrons. The van der Waals surface area contributed by atoms with Gasteiger partial charge in [0.1, 0.15) is 5.75 Å². The Kier molecular flexibility index (Phi) is 3.25. The second-order valence-corrected chi connectivity index (χ2v) is 5.06. The highest BCUT2D eigenvalue weighted by molar-refractivity contribution is 5.34. The Morgan fingerprint density at radius 3 is 2.22 bits per heavy atom. The van der Waals surface area contributed by atoms with Gasteiger partial charge in [0.05, 0.1) is 6.67 Å². The molecule has 0 N–H and O–H groups in total. The van der Waals surface area contributed by atoms with E-state index in [1.54, 1.807) is 12.1 Å². The lowest BCUT2D eigenvalue weighted by Crippen LogP contribution is -2.39. The van der Waals surface area contributed by atoms with Crippen molar-refractivity contribution in [1.29, 1.82) is 0 Å². The van der Waals surface area contributed by atoms with E-state index in [1.165, 1.54) is 12.1 Å². The van der Waals surface area contributed by atoms with E-state index in [1.807, 2.05) is 6.92 Å². The Morgan fingerprint density at radius 2 is 1.78 bits per heavy atom. The minimum absolute atomic E-state index is 0.0844. The van der Waals surface area contributed by atoms with Gasteiger partial charge in [-0.05, 0) is 41.9 Å². The third kappa shape index (κ3) is 2.76. The summed E-state index contributed by atoms with van der Waals surface area (Å²) in [6.45, 7) is 1.67. The molecule has 1 aromatic rings. The van der Waals surface area contributed by atoms with Gasteiger partial charge in [0.2, 0.25) is 0 Å². The summed E-state index contributed by atoms with van der Waals surface area (Å²) in [5.74, 6) is -0.141. The zero-order valence-corrected chi connectivity index (χ0v) is 9.93. The van der Waals surface area contributed by atoms with Gasteiger partial charge in [-0.25, -0.2) is 0 Å². The van der Waals surface area contributed by atoms with Crippen LogP contribution in [0.15, 0.2) is 24.3 Å². The Morgan fingerprint density at radius 1 is 1.22 bits per heavy atom. The van der Waals surface area contributed by atoms with E-state index in [2.05, 4.69) is 4.74 Å². The molecule has 1 saturated carbocycles. The van der Waals surface area contributed by atoms with Crippen LogP contribution in [0.4, 0.5) is 17.6 Å². The van der Waals surface area contributed by atoms with E-state index < -0.39 is 6.36 Å². The summed E-state index contributed by atoms with van der Waals surface area (Å²) in [6, 6.07) is 5.85. The molecule has 0 amide bonds. The predicted octanol–water partition coefficient (Wildman–Crippen LogP) is 4.22. The lowest BCUT2D eigenvalue weighted by atomic mass is 9.60. The van der Waals surface area contributed by atoms with Crippen LogP contribution in [0.1, 0.15) is 25.3 Å². The van der Waals surface area contributed by atoms with Crippen molar-refractivity contribution in [2.75, 3.05) is 6.67 Å². The molecular formula is C13H14F4O. The molecule has 0 heterocycles. The van der Waals surface area contributed by atoms with Crippen LogP contribution < -0.4 is 4.74 Å². The van der Waals surface area contributed by atoms with Crippen LogP contribution in [0.2, 0.25) is 0 Å². The molecule has 0 spiro atoms. The summed E-state index contributed by atoms with van der Waals surface area (Å²) in [5.41, 5.74) is 0.815. The first-order valence-electron chi connectivity index (χ1n) is 5.75. The summed E-state index contributed by atoms with van der Waals surface area (Å²) >= 11 is 0. The number of hydrogen-bond donors (Lipinski definition) is 0. The highest BCUT2D eigenvalue weighted by Crippen LogP contribution is 2.47. The van der Waals surface area contributed by atoms with Crippen LogP contribution in [-0.2, 0) is 5.41 Å². The maximum absolute atomic E-state index is 12.4. The molecule has 0 aliphatic heterocycles. The largest absolute Gasteiger partial charge is 0.573 e. The average Bonchev–Trinajstić information content (AvgIpc) is 2.23. The zero-order chi connectivity index (χ0) is 13.4. The quantitative estimate of drug-likeness (QED) is 0.741. The van der Waals surface area contributed by atoms with Crippen LogP contribution in [0.3, 0.4) is 0 Å². The maximum Gasteiger partial charge on any atom is 0.573 e. The lowest BCUT2D eigenvalue weighted by molar-refractivity contribution is -0.274. The highest BCUT2D eigenvalue weighted by atomic mass is 19.4. The zero-order valence-electron chi connectivity index (χ0n) is 9.93. The van der Waals surface area contributed by atoms with E-state index in [4.69, 9.17) is 0 Å². The minimum atomic E-state index is -4.67. The van der Waals surface area contributed by atoms with Gasteiger partial charge in [0.25, 0.3) is 0 Å². The Hall–Kier alpha value is -1.26. The van der Waals surface area contributed by atoms with E-state index in [0.29, 0.717) is 0 Å². The van der Waals surface area contributed by atoms with Crippen LogP contribution in [0.5, 0.6) is 5.75 Å². The number of alkyl halides is 4. The van der Waals surface area contributed by atoms with Gasteiger partial charge in [-0.2, -0.15) is 0 Å². The first kappa shape index (κ1) is 13.2. The molecule has 1 nitrogen and oxygen atoms in total. The summed E-state index contributed by atoms with van der Waals surface area (Å²) in [4.78, 5) is 0. The van der Waals surface area contributed by atoms with Crippen molar-refractivity contribution in [3.05, 3.63) is 29.8 Å².